The van der Waals surface area contributed by atoms with E-state index in [0.717, 1.165) is 24.1 Å². The number of aliphatic hydroxyl groups excluding tert-OH is 1. The van der Waals surface area contributed by atoms with E-state index in [1.807, 2.05) is 24.3 Å². The average Bonchev–Trinajstić information content (AvgIpc) is 2.70. The van der Waals surface area contributed by atoms with E-state index in [2.05, 4.69) is 54.1 Å². The van der Waals surface area contributed by atoms with Crippen molar-refractivity contribution in [3.63, 3.8) is 0 Å². The van der Waals surface area contributed by atoms with Crippen molar-refractivity contribution in [2.75, 3.05) is 18.5 Å². The molecule has 1 unspecified atom stereocenters. The number of β-amino-alcohol motifs (C(OH)–C–C–N with tert-alkyl or cyclic N) is 1. The predicted octanol–water partition coefficient (Wildman–Crippen LogP) is 3.06. The van der Waals surface area contributed by atoms with Gasteiger partial charge in [0.2, 0.25) is 0 Å². The molecule has 4 N–H and O–H groups in total. The standard InChI is InChI=1S/C22H29N3O3/c1-22(2,12-11-16-7-4-3-5-8-16)24-13-17(26)15-28-20-10-6-9-19-18(20)14-23-21(27)25-19/h3-10,17,24,26H,11-15H2,1-2H3,(H2,23,25,27). The maximum Gasteiger partial charge on any atom is 0.319 e. The van der Waals surface area contributed by atoms with E-state index in [9.17, 15) is 9.90 Å². The van der Waals surface area contributed by atoms with Gasteiger partial charge < -0.3 is 25.8 Å². The van der Waals surface area contributed by atoms with E-state index in [1.165, 1.54) is 5.56 Å². The lowest BCUT2D eigenvalue weighted by Gasteiger charge is -2.28. The molecule has 0 bridgehead atoms. The van der Waals surface area contributed by atoms with Gasteiger partial charge in [-0.25, -0.2) is 4.79 Å². The molecule has 1 aliphatic heterocycles. The summed E-state index contributed by atoms with van der Waals surface area (Å²) in [7, 11) is 0. The van der Waals surface area contributed by atoms with E-state index >= 15 is 0 Å². The van der Waals surface area contributed by atoms with E-state index in [0.29, 0.717) is 18.8 Å². The second kappa shape index (κ2) is 9.08. The van der Waals surface area contributed by atoms with Gasteiger partial charge >= 0.3 is 6.03 Å². The molecule has 0 aliphatic carbocycles. The number of carbonyl (C=O) groups excluding carboxylic acids is 1. The first-order valence-electron chi connectivity index (χ1n) is 9.69. The molecule has 0 saturated heterocycles. The van der Waals surface area contributed by atoms with Crippen molar-refractivity contribution >= 4 is 11.7 Å². The van der Waals surface area contributed by atoms with Crippen LogP contribution in [0, 0.1) is 0 Å². The molecule has 6 nitrogen and oxygen atoms in total. The summed E-state index contributed by atoms with van der Waals surface area (Å²) in [5, 5.41) is 19.3. The first kappa shape index (κ1) is 20.2. The Kier molecular flexibility index (Phi) is 6.54. The Balaban J connectivity index is 1.45. The molecule has 0 aromatic heterocycles. The largest absolute Gasteiger partial charge is 0.490 e. The Morgan fingerprint density at radius 1 is 1.18 bits per heavy atom. The minimum atomic E-state index is -0.627. The summed E-state index contributed by atoms with van der Waals surface area (Å²) in [6, 6.07) is 15.7. The Morgan fingerprint density at radius 2 is 1.96 bits per heavy atom. The van der Waals surface area contributed by atoms with Crippen LogP contribution >= 0.6 is 0 Å². The zero-order valence-electron chi connectivity index (χ0n) is 16.5. The van der Waals surface area contributed by atoms with Gasteiger partial charge in [-0.1, -0.05) is 36.4 Å². The van der Waals surface area contributed by atoms with E-state index < -0.39 is 6.10 Å². The summed E-state index contributed by atoms with van der Waals surface area (Å²) in [6.07, 6.45) is 1.34. The van der Waals surface area contributed by atoms with Gasteiger partial charge in [0.05, 0.1) is 12.2 Å². The molecule has 0 spiro atoms. The van der Waals surface area contributed by atoms with Crippen molar-refractivity contribution < 1.29 is 14.6 Å². The first-order chi connectivity index (χ1) is 13.4. The molecule has 1 heterocycles. The molecule has 2 aromatic rings. The molecule has 3 rings (SSSR count). The van der Waals surface area contributed by atoms with E-state index in [-0.39, 0.29) is 18.2 Å². The monoisotopic (exact) mass is 383 g/mol. The molecule has 6 heteroatoms. The minimum Gasteiger partial charge on any atom is -0.490 e. The molecular formula is C22H29N3O3. The fraction of sp³-hybridized carbons (Fsp3) is 0.409. The van der Waals surface area contributed by atoms with Crippen molar-refractivity contribution in [3.05, 3.63) is 59.7 Å². The third kappa shape index (κ3) is 5.71. The SMILES string of the molecule is CC(C)(CCc1ccccc1)NCC(O)COc1cccc2c1CNC(=O)N2. The highest BCUT2D eigenvalue weighted by Gasteiger charge is 2.20. The topological polar surface area (TPSA) is 82.6 Å². The number of ether oxygens (including phenoxy) is 1. The van der Waals surface area contributed by atoms with Crippen LogP contribution in [-0.2, 0) is 13.0 Å². The number of hydrogen-bond donors (Lipinski definition) is 4. The number of anilines is 1. The smallest absolute Gasteiger partial charge is 0.319 e. The quantitative estimate of drug-likeness (QED) is 0.536. The average molecular weight is 383 g/mol. The molecule has 1 atom stereocenters. The summed E-state index contributed by atoms with van der Waals surface area (Å²) in [6.45, 7) is 5.34. The van der Waals surface area contributed by atoms with Crippen LogP contribution in [0.1, 0.15) is 31.4 Å². The molecule has 0 radical (unpaired) electrons. The van der Waals surface area contributed by atoms with Gasteiger partial charge in [0, 0.05) is 17.6 Å². The second-order valence-corrected chi connectivity index (χ2v) is 7.81. The van der Waals surface area contributed by atoms with Crippen molar-refractivity contribution in [2.45, 2.75) is 44.9 Å². The lowest BCUT2D eigenvalue weighted by atomic mass is 9.95. The van der Waals surface area contributed by atoms with Gasteiger partial charge in [-0.3, -0.25) is 0 Å². The first-order valence-corrected chi connectivity index (χ1v) is 9.69. The summed E-state index contributed by atoms with van der Waals surface area (Å²) >= 11 is 0. The number of carbonyl (C=O) groups is 1. The van der Waals surface area contributed by atoms with Crippen LogP contribution in [0.4, 0.5) is 10.5 Å². The Bertz CT molecular complexity index is 793. The molecule has 2 aromatic carbocycles. The summed E-state index contributed by atoms with van der Waals surface area (Å²) in [4.78, 5) is 11.4. The van der Waals surface area contributed by atoms with Crippen LogP contribution in [0.3, 0.4) is 0 Å². The van der Waals surface area contributed by atoms with Crippen LogP contribution in [0.5, 0.6) is 5.75 Å². The van der Waals surface area contributed by atoms with Crippen LogP contribution in [0.2, 0.25) is 0 Å². The van der Waals surface area contributed by atoms with Crippen molar-refractivity contribution in [1.29, 1.82) is 0 Å². The summed E-state index contributed by atoms with van der Waals surface area (Å²) < 4.78 is 5.81. The maximum atomic E-state index is 11.4. The number of amides is 2. The maximum absolute atomic E-state index is 11.4. The van der Waals surface area contributed by atoms with Gasteiger partial charge in [-0.2, -0.15) is 0 Å². The van der Waals surface area contributed by atoms with Crippen LogP contribution in [0.15, 0.2) is 48.5 Å². The van der Waals surface area contributed by atoms with Gasteiger partial charge in [-0.05, 0) is 44.4 Å². The molecule has 28 heavy (non-hydrogen) atoms. The summed E-state index contributed by atoms with van der Waals surface area (Å²) in [5.74, 6) is 0.674. The zero-order chi connectivity index (χ0) is 20.0. The fourth-order valence-corrected chi connectivity index (χ4v) is 3.16. The fourth-order valence-electron chi connectivity index (χ4n) is 3.16. The predicted molar refractivity (Wildman–Crippen MR) is 111 cm³/mol. The Hall–Kier alpha value is -2.57. The number of aryl methyl sites for hydroxylation is 1. The minimum absolute atomic E-state index is 0.0864. The molecule has 1 aliphatic rings. The number of hydrogen-bond acceptors (Lipinski definition) is 4. The summed E-state index contributed by atoms with van der Waals surface area (Å²) in [5.41, 5.74) is 2.87. The Morgan fingerprint density at radius 3 is 2.75 bits per heavy atom. The zero-order valence-corrected chi connectivity index (χ0v) is 16.5. The third-order valence-electron chi connectivity index (χ3n) is 4.94. The number of nitrogens with one attached hydrogen (secondary N) is 3. The van der Waals surface area contributed by atoms with Crippen molar-refractivity contribution in [3.8, 4) is 5.75 Å². The van der Waals surface area contributed by atoms with Crippen LogP contribution < -0.4 is 20.7 Å². The van der Waals surface area contributed by atoms with Gasteiger partial charge in [0.25, 0.3) is 0 Å². The number of fused-ring (bicyclic) bond motifs is 1. The molecule has 150 valence electrons. The number of benzene rings is 2. The molecular weight excluding hydrogens is 354 g/mol. The van der Waals surface area contributed by atoms with Crippen molar-refractivity contribution in [2.24, 2.45) is 0 Å². The van der Waals surface area contributed by atoms with Crippen molar-refractivity contribution in [1.82, 2.24) is 10.6 Å². The van der Waals surface area contributed by atoms with Gasteiger partial charge in [-0.15, -0.1) is 0 Å². The lowest BCUT2D eigenvalue weighted by Crippen LogP contribution is -2.45. The highest BCUT2D eigenvalue weighted by Crippen LogP contribution is 2.28. The van der Waals surface area contributed by atoms with E-state index in [1.54, 1.807) is 0 Å². The molecule has 0 fully saturated rings. The third-order valence-corrected chi connectivity index (χ3v) is 4.94. The number of urea groups is 1. The Labute approximate surface area is 166 Å². The van der Waals surface area contributed by atoms with Gasteiger partial charge in [0.15, 0.2) is 0 Å². The highest BCUT2D eigenvalue weighted by molar-refractivity contribution is 5.92. The second-order valence-electron chi connectivity index (χ2n) is 7.81. The molecule has 0 saturated carbocycles. The lowest BCUT2D eigenvalue weighted by molar-refractivity contribution is 0.0976. The van der Waals surface area contributed by atoms with Gasteiger partial charge in [0.1, 0.15) is 18.5 Å². The number of rotatable bonds is 9. The highest BCUT2D eigenvalue weighted by atomic mass is 16.5. The normalized spacial score (nSPS) is 14.6. The van der Waals surface area contributed by atoms with E-state index in [4.69, 9.17) is 4.74 Å². The number of aliphatic hydroxyl groups is 1. The molecule has 2 amide bonds. The van der Waals surface area contributed by atoms with Crippen LogP contribution in [0.25, 0.3) is 0 Å². The van der Waals surface area contributed by atoms with Crippen LogP contribution in [-0.4, -0.2) is 35.9 Å².